The molecule has 0 spiro atoms. The van der Waals surface area contributed by atoms with Gasteiger partial charge < -0.3 is 10.4 Å². The maximum atomic E-state index is 12.9. The number of aromatic nitrogens is 1. The molecule has 2 rings (SSSR count). The number of carboxylic acid groups (broad SMARTS) is 1. The molecular formula is C13H9Cl2F3N2O2. The molecule has 2 N–H and O–H groups in total. The maximum Gasteiger partial charge on any atom is 0.417 e. The Bertz CT molecular complexity index is 693. The normalized spacial score (nSPS) is 10.7. The van der Waals surface area contributed by atoms with Crippen LogP contribution in [0.5, 0.6) is 0 Å². The van der Waals surface area contributed by atoms with Gasteiger partial charge in [-0.1, -0.05) is 17.7 Å². The van der Waals surface area contributed by atoms with Crippen LogP contribution in [0.4, 0.5) is 24.7 Å². The zero-order chi connectivity index (χ0) is 15.6. The van der Waals surface area contributed by atoms with Gasteiger partial charge in [0, 0.05) is 16.9 Å². The van der Waals surface area contributed by atoms with Crippen LogP contribution in [-0.2, 0) is 6.18 Å². The van der Waals surface area contributed by atoms with E-state index < -0.39 is 23.3 Å². The van der Waals surface area contributed by atoms with Gasteiger partial charge in [0.2, 0.25) is 0 Å². The molecule has 0 aliphatic heterocycles. The molecule has 1 heterocycles. The van der Waals surface area contributed by atoms with Gasteiger partial charge in [-0.15, -0.1) is 12.4 Å². The third kappa shape index (κ3) is 4.25. The Labute approximate surface area is 134 Å². The van der Waals surface area contributed by atoms with Crippen molar-refractivity contribution in [2.24, 2.45) is 0 Å². The van der Waals surface area contributed by atoms with Crippen LogP contribution in [0.1, 0.15) is 15.9 Å². The lowest BCUT2D eigenvalue weighted by Crippen LogP contribution is -2.14. The molecule has 0 saturated carbocycles. The van der Waals surface area contributed by atoms with Gasteiger partial charge >= 0.3 is 12.1 Å². The third-order valence-corrected chi connectivity index (χ3v) is 2.77. The predicted octanol–water partition coefficient (Wildman–Crippen LogP) is 4.62. The molecule has 22 heavy (non-hydrogen) atoms. The molecule has 1 aromatic carbocycles. The Morgan fingerprint density at radius 3 is 2.50 bits per heavy atom. The molecule has 118 valence electrons. The van der Waals surface area contributed by atoms with Crippen LogP contribution < -0.4 is 5.32 Å². The van der Waals surface area contributed by atoms with Crippen LogP contribution in [0.15, 0.2) is 36.5 Å². The summed E-state index contributed by atoms with van der Waals surface area (Å²) in [6.45, 7) is 0. The lowest BCUT2D eigenvalue weighted by Gasteiger charge is -2.12. The highest BCUT2D eigenvalue weighted by molar-refractivity contribution is 6.30. The number of carboxylic acids is 1. The van der Waals surface area contributed by atoms with E-state index >= 15 is 0 Å². The molecule has 1 aromatic heterocycles. The number of anilines is 2. The van der Waals surface area contributed by atoms with Crippen molar-refractivity contribution in [3.63, 3.8) is 0 Å². The van der Waals surface area contributed by atoms with E-state index in [0.29, 0.717) is 23.0 Å². The van der Waals surface area contributed by atoms with Gasteiger partial charge in [0.15, 0.2) is 0 Å². The summed E-state index contributed by atoms with van der Waals surface area (Å²) >= 11 is 5.76. The number of pyridine rings is 1. The van der Waals surface area contributed by atoms with E-state index in [1.807, 2.05) is 0 Å². The summed E-state index contributed by atoms with van der Waals surface area (Å²) in [6, 6.07) is 6.95. The fourth-order valence-corrected chi connectivity index (χ4v) is 1.83. The van der Waals surface area contributed by atoms with E-state index in [1.165, 1.54) is 6.07 Å². The number of hydrogen-bond acceptors (Lipinski definition) is 3. The summed E-state index contributed by atoms with van der Waals surface area (Å²) in [5.74, 6) is -1.82. The fraction of sp³-hybridized carbons (Fsp3) is 0.0769. The molecular weight excluding hydrogens is 344 g/mol. The van der Waals surface area contributed by atoms with E-state index in [9.17, 15) is 18.0 Å². The van der Waals surface area contributed by atoms with Crippen LogP contribution in [0.25, 0.3) is 0 Å². The minimum atomic E-state index is -4.79. The van der Waals surface area contributed by atoms with Gasteiger partial charge in [-0.25, -0.2) is 9.78 Å². The monoisotopic (exact) mass is 352 g/mol. The highest BCUT2D eigenvalue weighted by Crippen LogP contribution is 2.33. The van der Waals surface area contributed by atoms with Crippen LogP contribution >= 0.6 is 24.0 Å². The van der Waals surface area contributed by atoms with Crippen molar-refractivity contribution < 1.29 is 23.1 Å². The Hall–Kier alpha value is -1.99. The maximum absolute atomic E-state index is 12.9. The second kappa shape index (κ2) is 6.85. The molecule has 4 nitrogen and oxygen atoms in total. The molecule has 0 aliphatic carbocycles. The zero-order valence-electron chi connectivity index (χ0n) is 10.7. The Morgan fingerprint density at radius 2 is 1.95 bits per heavy atom. The fourth-order valence-electron chi connectivity index (χ4n) is 1.64. The summed E-state index contributed by atoms with van der Waals surface area (Å²) in [4.78, 5) is 14.5. The molecule has 0 unspecified atom stereocenters. The SMILES string of the molecule is Cl.O=C(O)c1cnc(Nc2cccc(Cl)c2)cc1C(F)(F)F. The van der Waals surface area contributed by atoms with Crippen molar-refractivity contribution in [1.82, 2.24) is 4.98 Å². The van der Waals surface area contributed by atoms with Crippen molar-refractivity contribution in [3.05, 3.63) is 52.7 Å². The van der Waals surface area contributed by atoms with Crippen LogP contribution in [-0.4, -0.2) is 16.1 Å². The van der Waals surface area contributed by atoms with Crippen molar-refractivity contribution in [2.75, 3.05) is 5.32 Å². The molecule has 0 fully saturated rings. The topological polar surface area (TPSA) is 62.2 Å². The van der Waals surface area contributed by atoms with Gasteiger partial charge in [-0.2, -0.15) is 13.2 Å². The Morgan fingerprint density at radius 1 is 1.27 bits per heavy atom. The van der Waals surface area contributed by atoms with E-state index in [0.717, 1.165) is 0 Å². The minimum Gasteiger partial charge on any atom is -0.478 e. The summed E-state index contributed by atoms with van der Waals surface area (Å²) in [5.41, 5.74) is -1.74. The van der Waals surface area contributed by atoms with Gasteiger partial charge in [-0.05, 0) is 24.3 Å². The standard InChI is InChI=1S/C13H8ClF3N2O2.ClH/c14-7-2-1-3-8(4-7)19-11-5-10(13(15,16)17)9(6-18-11)12(20)21;/h1-6H,(H,18,19)(H,20,21);1H. The van der Waals surface area contributed by atoms with Crippen molar-refractivity contribution in [3.8, 4) is 0 Å². The largest absolute Gasteiger partial charge is 0.478 e. The lowest BCUT2D eigenvalue weighted by atomic mass is 10.1. The minimum absolute atomic E-state index is 0. The highest BCUT2D eigenvalue weighted by Gasteiger charge is 2.36. The first-order valence-electron chi connectivity index (χ1n) is 5.60. The zero-order valence-corrected chi connectivity index (χ0v) is 12.3. The highest BCUT2D eigenvalue weighted by atomic mass is 35.5. The number of rotatable bonds is 3. The molecule has 0 bridgehead atoms. The number of benzene rings is 1. The smallest absolute Gasteiger partial charge is 0.417 e. The first kappa shape index (κ1) is 18.1. The predicted molar refractivity (Wildman–Crippen MR) is 78.2 cm³/mol. The molecule has 0 aliphatic rings. The summed E-state index contributed by atoms with van der Waals surface area (Å²) in [7, 11) is 0. The van der Waals surface area contributed by atoms with Gasteiger partial charge in [0.05, 0.1) is 11.1 Å². The van der Waals surface area contributed by atoms with Crippen LogP contribution in [0.2, 0.25) is 5.02 Å². The number of hydrogen-bond donors (Lipinski definition) is 2. The molecule has 0 atom stereocenters. The average molecular weight is 353 g/mol. The second-order valence-corrected chi connectivity index (χ2v) is 4.49. The average Bonchev–Trinajstić information content (AvgIpc) is 2.37. The molecule has 0 amide bonds. The molecule has 0 radical (unpaired) electrons. The van der Waals surface area contributed by atoms with Gasteiger partial charge in [-0.3, -0.25) is 0 Å². The van der Waals surface area contributed by atoms with Crippen LogP contribution in [0, 0.1) is 0 Å². The lowest BCUT2D eigenvalue weighted by molar-refractivity contribution is -0.138. The second-order valence-electron chi connectivity index (χ2n) is 4.05. The van der Waals surface area contributed by atoms with E-state index in [-0.39, 0.29) is 18.2 Å². The molecule has 0 saturated heterocycles. The van der Waals surface area contributed by atoms with Crippen molar-refractivity contribution >= 4 is 41.5 Å². The van der Waals surface area contributed by atoms with Crippen molar-refractivity contribution in [2.45, 2.75) is 6.18 Å². The summed E-state index contributed by atoms with van der Waals surface area (Å²) < 4.78 is 38.6. The number of nitrogens with zero attached hydrogens (tertiary/aromatic N) is 1. The first-order chi connectivity index (χ1) is 9.77. The van der Waals surface area contributed by atoms with Crippen LogP contribution in [0.3, 0.4) is 0 Å². The Balaban J connectivity index is 0.00000242. The summed E-state index contributed by atoms with van der Waals surface area (Å²) in [6.07, 6.45) is -4.13. The number of nitrogens with one attached hydrogen (secondary N) is 1. The quantitative estimate of drug-likeness (QED) is 0.846. The summed E-state index contributed by atoms with van der Waals surface area (Å²) in [5, 5.41) is 11.8. The van der Waals surface area contributed by atoms with Gasteiger partial charge in [0.1, 0.15) is 5.82 Å². The number of aromatic carboxylic acids is 1. The van der Waals surface area contributed by atoms with E-state index in [4.69, 9.17) is 16.7 Å². The Kier molecular flexibility index (Phi) is 5.62. The van der Waals surface area contributed by atoms with Crippen molar-refractivity contribution in [1.29, 1.82) is 0 Å². The number of carbonyl (C=O) groups is 1. The number of halogens is 5. The number of alkyl halides is 3. The van der Waals surface area contributed by atoms with E-state index in [2.05, 4.69) is 10.3 Å². The third-order valence-electron chi connectivity index (χ3n) is 2.54. The molecule has 9 heteroatoms. The van der Waals surface area contributed by atoms with E-state index in [1.54, 1.807) is 18.2 Å². The first-order valence-corrected chi connectivity index (χ1v) is 5.98. The molecule has 2 aromatic rings. The van der Waals surface area contributed by atoms with Gasteiger partial charge in [0.25, 0.3) is 0 Å².